The van der Waals surface area contributed by atoms with Gasteiger partial charge in [-0.25, -0.2) is 0 Å². The first kappa shape index (κ1) is 9.90. The summed E-state index contributed by atoms with van der Waals surface area (Å²) in [6, 6.07) is 4.74. The second-order valence-electron chi connectivity index (χ2n) is 3.82. The molecule has 1 aromatic carbocycles. The Balaban J connectivity index is 3.01. The summed E-state index contributed by atoms with van der Waals surface area (Å²) in [6.45, 7) is 6.32. The third-order valence-electron chi connectivity index (χ3n) is 2.45. The van der Waals surface area contributed by atoms with Crippen LogP contribution in [0.5, 0.6) is 11.5 Å². The Morgan fingerprint density at radius 3 is 1.77 bits per heavy atom. The molecule has 0 fully saturated rings. The first-order valence-corrected chi connectivity index (χ1v) is 4.53. The topological polar surface area (TPSA) is 40.5 Å². The van der Waals surface area contributed by atoms with Gasteiger partial charge in [0, 0.05) is 6.07 Å². The summed E-state index contributed by atoms with van der Waals surface area (Å²) in [7, 11) is 0. The predicted octanol–water partition coefficient (Wildman–Crippen LogP) is 2.86. The SMILES string of the molecule is CC(C)C(C)c1cc(O)cc(O)c1. The molecular weight excluding hydrogens is 164 g/mol. The Kier molecular flexibility index (Phi) is 2.81. The molecule has 2 heteroatoms. The number of hydrogen-bond donors (Lipinski definition) is 2. The van der Waals surface area contributed by atoms with Crippen molar-refractivity contribution in [2.75, 3.05) is 0 Å². The molecule has 0 saturated heterocycles. The zero-order valence-electron chi connectivity index (χ0n) is 8.28. The number of hydrogen-bond acceptors (Lipinski definition) is 2. The first-order valence-electron chi connectivity index (χ1n) is 4.53. The van der Waals surface area contributed by atoms with E-state index in [2.05, 4.69) is 20.8 Å². The van der Waals surface area contributed by atoms with Crippen LogP contribution in [0.3, 0.4) is 0 Å². The number of phenols is 2. The highest BCUT2D eigenvalue weighted by atomic mass is 16.3. The van der Waals surface area contributed by atoms with Crippen molar-refractivity contribution in [1.82, 2.24) is 0 Å². The molecule has 0 radical (unpaired) electrons. The van der Waals surface area contributed by atoms with Gasteiger partial charge in [0.15, 0.2) is 0 Å². The van der Waals surface area contributed by atoms with Crippen LogP contribution in [0.2, 0.25) is 0 Å². The molecule has 1 atom stereocenters. The lowest BCUT2D eigenvalue weighted by Gasteiger charge is -2.16. The maximum atomic E-state index is 9.26. The molecule has 0 saturated carbocycles. The van der Waals surface area contributed by atoms with E-state index in [9.17, 15) is 10.2 Å². The molecule has 1 aromatic rings. The molecule has 0 aliphatic rings. The van der Waals surface area contributed by atoms with Crippen molar-refractivity contribution >= 4 is 0 Å². The third-order valence-corrected chi connectivity index (χ3v) is 2.45. The number of aromatic hydroxyl groups is 2. The van der Waals surface area contributed by atoms with Gasteiger partial charge in [0.05, 0.1) is 0 Å². The van der Waals surface area contributed by atoms with E-state index in [-0.39, 0.29) is 11.5 Å². The standard InChI is InChI=1S/C11H16O2/c1-7(2)8(3)9-4-10(12)6-11(13)5-9/h4-8,12-13H,1-3H3. The number of rotatable bonds is 2. The third kappa shape index (κ3) is 2.38. The molecule has 0 bridgehead atoms. The van der Waals surface area contributed by atoms with Crippen LogP contribution in [0.4, 0.5) is 0 Å². The molecule has 13 heavy (non-hydrogen) atoms. The largest absolute Gasteiger partial charge is 0.508 e. The van der Waals surface area contributed by atoms with E-state index in [0.717, 1.165) is 5.56 Å². The minimum atomic E-state index is 0.127. The van der Waals surface area contributed by atoms with E-state index < -0.39 is 0 Å². The van der Waals surface area contributed by atoms with Crippen molar-refractivity contribution < 1.29 is 10.2 Å². The van der Waals surface area contributed by atoms with Gasteiger partial charge in [-0.05, 0) is 29.5 Å². The summed E-state index contributed by atoms with van der Waals surface area (Å²) in [5.41, 5.74) is 0.979. The van der Waals surface area contributed by atoms with Gasteiger partial charge in [-0.15, -0.1) is 0 Å². The maximum Gasteiger partial charge on any atom is 0.119 e. The monoisotopic (exact) mass is 180 g/mol. The zero-order valence-corrected chi connectivity index (χ0v) is 8.28. The first-order chi connectivity index (χ1) is 6.00. The number of phenolic OH excluding ortho intramolecular Hbond substituents is 2. The van der Waals surface area contributed by atoms with E-state index >= 15 is 0 Å². The van der Waals surface area contributed by atoms with Crippen LogP contribution in [0.15, 0.2) is 18.2 Å². The van der Waals surface area contributed by atoms with Crippen molar-refractivity contribution in [3.05, 3.63) is 23.8 Å². The Morgan fingerprint density at radius 1 is 0.923 bits per heavy atom. The lowest BCUT2D eigenvalue weighted by Crippen LogP contribution is -2.01. The smallest absolute Gasteiger partial charge is 0.119 e. The van der Waals surface area contributed by atoms with E-state index in [4.69, 9.17) is 0 Å². The summed E-state index contributed by atoms with van der Waals surface area (Å²) in [6.07, 6.45) is 0. The lowest BCUT2D eigenvalue weighted by atomic mass is 9.90. The minimum Gasteiger partial charge on any atom is -0.508 e. The number of benzene rings is 1. The van der Waals surface area contributed by atoms with Crippen LogP contribution in [0.25, 0.3) is 0 Å². The molecule has 1 rings (SSSR count). The Bertz CT molecular complexity index is 272. The van der Waals surface area contributed by atoms with Gasteiger partial charge in [-0.2, -0.15) is 0 Å². The van der Waals surface area contributed by atoms with Crippen molar-refractivity contribution in [2.24, 2.45) is 5.92 Å². The summed E-state index contributed by atoms with van der Waals surface area (Å²) in [5, 5.41) is 18.5. The van der Waals surface area contributed by atoms with Crippen molar-refractivity contribution in [3.8, 4) is 11.5 Å². The van der Waals surface area contributed by atoms with Crippen LogP contribution in [0, 0.1) is 5.92 Å². The Morgan fingerprint density at radius 2 is 1.38 bits per heavy atom. The fourth-order valence-electron chi connectivity index (χ4n) is 1.27. The summed E-state index contributed by atoms with van der Waals surface area (Å²) in [4.78, 5) is 0. The van der Waals surface area contributed by atoms with Gasteiger partial charge in [0.25, 0.3) is 0 Å². The van der Waals surface area contributed by atoms with Gasteiger partial charge in [-0.3, -0.25) is 0 Å². The zero-order chi connectivity index (χ0) is 10.0. The molecule has 72 valence electrons. The van der Waals surface area contributed by atoms with E-state index in [1.807, 2.05) is 0 Å². The van der Waals surface area contributed by atoms with Crippen molar-refractivity contribution in [2.45, 2.75) is 26.7 Å². The van der Waals surface area contributed by atoms with Crippen LogP contribution < -0.4 is 0 Å². The lowest BCUT2D eigenvalue weighted by molar-refractivity contribution is 0.444. The van der Waals surface area contributed by atoms with Gasteiger partial charge < -0.3 is 10.2 Å². The average molecular weight is 180 g/mol. The van der Waals surface area contributed by atoms with Crippen LogP contribution >= 0.6 is 0 Å². The second-order valence-corrected chi connectivity index (χ2v) is 3.82. The van der Waals surface area contributed by atoms with Crippen LogP contribution in [-0.4, -0.2) is 10.2 Å². The highest BCUT2D eigenvalue weighted by molar-refractivity contribution is 5.38. The Hall–Kier alpha value is -1.18. The van der Waals surface area contributed by atoms with E-state index in [1.165, 1.54) is 6.07 Å². The molecule has 0 spiro atoms. The van der Waals surface area contributed by atoms with E-state index in [1.54, 1.807) is 12.1 Å². The summed E-state index contributed by atoms with van der Waals surface area (Å²) >= 11 is 0. The Labute approximate surface area is 78.8 Å². The fraction of sp³-hybridized carbons (Fsp3) is 0.455. The molecule has 0 aromatic heterocycles. The molecule has 2 nitrogen and oxygen atoms in total. The van der Waals surface area contributed by atoms with Gasteiger partial charge in [-0.1, -0.05) is 20.8 Å². The molecule has 0 heterocycles. The normalized spacial score (nSPS) is 13.2. The van der Waals surface area contributed by atoms with Crippen LogP contribution in [0.1, 0.15) is 32.3 Å². The molecule has 0 amide bonds. The van der Waals surface area contributed by atoms with Crippen molar-refractivity contribution in [1.29, 1.82) is 0 Å². The fourth-order valence-corrected chi connectivity index (χ4v) is 1.27. The van der Waals surface area contributed by atoms with Gasteiger partial charge >= 0.3 is 0 Å². The van der Waals surface area contributed by atoms with Crippen molar-refractivity contribution in [3.63, 3.8) is 0 Å². The maximum absolute atomic E-state index is 9.26. The molecule has 0 aliphatic carbocycles. The second kappa shape index (κ2) is 3.69. The average Bonchev–Trinajstić information content (AvgIpc) is 2.01. The van der Waals surface area contributed by atoms with Gasteiger partial charge in [0.2, 0.25) is 0 Å². The molecule has 2 N–H and O–H groups in total. The minimum absolute atomic E-state index is 0.127. The summed E-state index contributed by atoms with van der Waals surface area (Å²) < 4.78 is 0. The molecule has 0 aliphatic heterocycles. The summed E-state index contributed by atoms with van der Waals surface area (Å²) in [5.74, 6) is 1.10. The van der Waals surface area contributed by atoms with Gasteiger partial charge in [0.1, 0.15) is 11.5 Å². The quantitative estimate of drug-likeness (QED) is 0.734. The van der Waals surface area contributed by atoms with E-state index in [0.29, 0.717) is 11.8 Å². The highest BCUT2D eigenvalue weighted by Gasteiger charge is 2.11. The highest BCUT2D eigenvalue weighted by Crippen LogP contribution is 2.29. The van der Waals surface area contributed by atoms with Crippen LogP contribution in [-0.2, 0) is 0 Å². The molecule has 1 unspecified atom stereocenters. The predicted molar refractivity (Wildman–Crippen MR) is 53.0 cm³/mol. The molecular formula is C11H16O2.